The molecule has 2 atom stereocenters. The summed E-state index contributed by atoms with van der Waals surface area (Å²) in [5.41, 5.74) is 1.02. The van der Waals surface area contributed by atoms with Gasteiger partial charge in [0.1, 0.15) is 0 Å². The Kier molecular flexibility index (Phi) is 5.15. The summed E-state index contributed by atoms with van der Waals surface area (Å²) in [4.78, 5) is 11.9. The topological polar surface area (TPSA) is 41.1 Å². The highest BCUT2D eigenvalue weighted by molar-refractivity contribution is 5.85. The molecule has 0 aromatic heterocycles. The van der Waals surface area contributed by atoms with Crippen molar-refractivity contribution in [2.24, 2.45) is 0 Å². The number of nitrogens with one attached hydrogen (secondary N) is 2. The minimum atomic E-state index is -0.214. The highest BCUT2D eigenvalue weighted by Gasteiger charge is 2.19. The summed E-state index contributed by atoms with van der Waals surface area (Å²) in [6.45, 7) is 3.89. The van der Waals surface area contributed by atoms with Gasteiger partial charge in [0, 0.05) is 6.42 Å². The first kappa shape index (κ1) is 12.9. The molecule has 0 fully saturated rings. The zero-order valence-electron chi connectivity index (χ0n) is 10.2. The fourth-order valence-corrected chi connectivity index (χ4v) is 1.56. The molecule has 2 N–H and O–H groups in total. The third-order valence-electron chi connectivity index (χ3n) is 2.65. The van der Waals surface area contributed by atoms with Gasteiger partial charge in [-0.3, -0.25) is 10.1 Å². The second-order valence-corrected chi connectivity index (χ2v) is 3.84. The van der Waals surface area contributed by atoms with Gasteiger partial charge in [0.05, 0.1) is 12.2 Å². The first-order valence-corrected chi connectivity index (χ1v) is 5.70. The van der Waals surface area contributed by atoms with E-state index in [0.717, 1.165) is 5.56 Å². The molecule has 0 aliphatic rings. The number of benzene rings is 1. The number of rotatable bonds is 6. The highest BCUT2D eigenvalue weighted by atomic mass is 16.1. The Bertz CT molecular complexity index is 324. The molecule has 0 aliphatic carbocycles. The van der Waals surface area contributed by atoms with Crippen LogP contribution in [0.3, 0.4) is 0 Å². The van der Waals surface area contributed by atoms with Crippen molar-refractivity contribution in [1.82, 2.24) is 10.6 Å². The van der Waals surface area contributed by atoms with Crippen LogP contribution in [0, 0.1) is 0 Å². The molecule has 0 saturated heterocycles. The largest absolute Gasteiger partial charge is 0.305 e. The summed E-state index contributed by atoms with van der Waals surface area (Å²) in [5, 5.41) is 6.35. The van der Waals surface area contributed by atoms with Crippen molar-refractivity contribution in [2.75, 3.05) is 7.05 Å². The van der Waals surface area contributed by atoms with Gasteiger partial charge in [0.25, 0.3) is 0 Å². The molecule has 16 heavy (non-hydrogen) atoms. The monoisotopic (exact) mass is 220 g/mol. The van der Waals surface area contributed by atoms with Gasteiger partial charge in [-0.2, -0.15) is 0 Å². The molecule has 88 valence electrons. The van der Waals surface area contributed by atoms with Crippen LogP contribution in [0.1, 0.15) is 31.9 Å². The Labute approximate surface area is 97.2 Å². The summed E-state index contributed by atoms with van der Waals surface area (Å²) in [7, 11) is 1.87. The standard InChI is InChI=1S/C13H20N2O/c1-4-12(16)13(15-10(2)14-3)11-8-6-5-7-9-11/h5-10,13-15H,4H2,1-3H3/t10?,13-/m1/s1. The van der Waals surface area contributed by atoms with Crippen molar-refractivity contribution >= 4 is 5.78 Å². The Morgan fingerprint density at radius 2 is 1.94 bits per heavy atom. The lowest BCUT2D eigenvalue weighted by atomic mass is 10.0. The SMILES string of the molecule is CCC(=O)[C@H](NC(C)NC)c1ccccc1. The molecule has 3 heteroatoms. The Morgan fingerprint density at radius 3 is 2.44 bits per heavy atom. The van der Waals surface area contributed by atoms with Gasteiger partial charge >= 0.3 is 0 Å². The van der Waals surface area contributed by atoms with Crippen molar-refractivity contribution in [3.63, 3.8) is 0 Å². The summed E-state index contributed by atoms with van der Waals surface area (Å²) < 4.78 is 0. The summed E-state index contributed by atoms with van der Waals surface area (Å²) >= 11 is 0. The smallest absolute Gasteiger partial charge is 0.154 e. The van der Waals surface area contributed by atoms with E-state index in [1.807, 2.05) is 51.2 Å². The molecule has 1 aromatic rings. The van der Waals surface area contributed by atoms with Crippen molar-refractivity contribution in [3.05, 3.63) is 35.9 Å². The average Bonchev–Trinajstić information content (AvgIpc) is 2.35. The molecule has 1 unspecified atom stereocenters. The molecule has 0 saturated carbocycles. The molecule has 0 aliphatic heterocycles. The lowest BCUT2D eigenvalue weighted by Gasteiger charge is -2.22. The normalized spacial score (nSPS) is 14.4. The molecule has 0 spiro atoms. The van der Waals surface area contributed by atoms with Crippen LogP contribution in [0.5, 0.6) is 0 Å². The number of carbonyl (C=O) groups excluding carboxylic acids is 1. The zero-order chi connectivity index (χ0) is 12.0. The molecule has 1 rings (SSSR count). The van der Waals surface area contributed by atoms with E-state index in [0.29, 0.717) is 6.42 Å². The highest BCUT2D eigenvalue weighted by Crippen LogP contribution is 2.15. The number of ketones is 1. The van der Waals surface area contributed by atoms with Gasteiger partial charge in [0.2, 0.25) is 0 Å². The van der Waals surface area contributed by atoms with Crippen molar-refractivity contribution in [3.8, 4) is 0 Å². The summed E-state index contributed by atoms with van der Waals surface area (Å²) in [6.07, 6.45) is 0.656. The molecule has 1 aromatic carbocycles. The van der Waals surface area contributed by atoms with Gasteiger partial charge in [-0.15, -0.1) is 0 Å². The third-order valence-corrected chi connectivity index (χ3v) is 2.65. The molecule has 0 bridgehead atoms. The van der Waals surface area contributed by atoms with Crippen LogP contribution < -0.4 is 10.6 Å². The van der Waals surface area contributed by atoms with Crippen LogP contribution in [-0.2, 0) is 4.79 Å². The number of hydrogen-bond acceptors (Lipinski definition) is 3. The van der Waals surface area contributed by atoms with Gasteiger partial charge in [-0.25, -0.2) is 0 Å². The molecule has 0 heterocycles. The van der Waals surface area contributed by atoms with Crippen LogP contribution in [0.2, 0.25) is 0 Å². The third kappa shape index (κ3) is 3.43. The maximum absolute atomic E-state index is 11.9. The van der Waals surface area contributed by atoms with E-state index < -0.39 is 0 Å². The lowest BCUT2D eigenvalue weighted by Crippen LogP contribution is -2.42. The van der Waals surface area contributed by atoms with E-state index in [2.05, 4.69) is 10.6 Å². The van der Waals surface area contributed by atoms with E-state index >= 15 is 0 Å². The Hall–Kier alpha value is -1.19. The van der Waals surface area contributed by atoms with Crippen molar-refractivity contribution < 1.29 is 4.79 Å². The maximum Gasteiger partial charge on any atom is 0.154 e. The van der Waals surface area contributed by atoms with Crippen LogP contribution in [-0.4, -0.2) is 19.0 Å². The van der Waals surface area contributed by atoms with E-state index in [4.69, 9.17) is 0 Å². The van der Waals surface area contributed by atoms with Gasteiger partial charge in [0.15, 0.2) is 5.78 Å². The Balaban J connectivity index is 2.84. The molecular formula is C13H20N2O. The summed E-state index contributed by atoms with van der Waals surface area (Å²) in [5.74, 6) is 0.216. The van der Waals surface area contributed by atoms with Gasteiger partial charge in [-0.1, -0.05) is 37.3 Å². The second-order valence-electron chi connectivity index (χ2n) is 3.84. The van der Waals surface area contributed by atoms with E-state index in [9.17, 15) is 4.79 Å². The van der Waals surface area contributed by atoms with Gasteiger partial charge < -0.3 is 5.32 Å². The quantitative estimate of drug-likeness (QED) is 0.719. The molecular weight excluding hydrogens is 200 g/mol. The van der Waals surface area contributed by atoms with E-state index in [1.54, 1.807) is 0 Å². The average molecular weight is 220 g/mol. The molecule has 3 nitrogen and oxygen atoms in total. The molecule has 0 radical (unpaired) electrons. The van der Waals surface area contributed by atoms with Crippen LogP contribution in [0.15, 0.2) is 30.3 Å². The second kappa shape index (κ2) is 6.40. The number of hydrogen-bond donors (Lipinski definition) is 2. The Morgan fingerprint density at radius 1 is 1.31 bits per heavy atom. The molecule has 0 amide bonds. The summed E-state index contributed by atoms with van der Waals surface area (Å²) in [6, 6.07) is 9.61. The van der Waals surface area contributed by atoms with Crippen molar-refractivity contribution in [1.29, 1.82) is 0 Å². The number of carbonyl (C=O) groups is 1. The van der Waals surface area contributed by atoms with Gasteiger partial charge in [-0.05, 0) is 19.5 Å². The van der Waals surface area contributed by atoms with Crippen molar-refractivity contribution in [2.45, 2.75) is 32.5 Å². The minimum absolute atomic E-state index is 0.112. The first-order chi connectivity index (χ1) is 7.69. The predicted octanol–water partition coefficient (Wildman–Crippen LogP) is 1.86. The van der Waals surface area contributed by atoms with Crippen LogP contribution in [0.4, 0.5) is 0 Å². The van der Waals surface area contributed by atoms with Crippen LogP contribution >= 0.6 is 0 Å². The maximum atomic E-state index is 11.9. The predicted molar refractivity (Wildman–Crippen MR) is 66.1 cm³/mol. The zero-order valence-corrected chi connectivity index (χ0v) is 10.2. The van der Waals surface area contributed by atoms with E-state index in [1.165, 1.54) is 0 Å². The van der Waals surface area contributed by atoms with Crippen LogP contribution in [0.25, 0.3) is 0 Å². The number of Topliss-reactive ketones (excluding diaryl/α,β-unsaturated/α-hetero) is 1. The minimum Gasteiger partial charge on any atom is -0.305 e. The lowest BCUT2D eigenvalue weighted by molar-refractivity contribution is -0.121. The fraction of sp³-hybridized carbons (Fsp3) is 0.462. The first-order valence-electron chi connectivity index (χ1n) is 5.70. The van der Waals surface area contributed by atoms with E-state index in [-0.39, 0.29) is 18.0 Å². The fourth-order valence-electron chi connectivity index (χ4n) is 1.56.